The average Bonchev–Trinajstić information content (AvgIpc) is 1.53. The summed E-state index contributed by atoms with van der Waals surface area (Å²) in [5.74, 6) is 1.46. The molecular weight excluding hydrogens is 1230 g/mol. The zero-order chi connectivity index (χ0) is 64.4. The lowest BCUT2D eigenvalue weighted by Crippen LogP contribution is -1.96. The minimum absolute atomic E-state index is 0.727. The smallest absolute Gasteiger partial charge is 0.160 e. The van der Waals surface area contributed by atoms with Gasteiger partial charge in [0.1, 0.15) is 0 Å². The van der Waals surface area contributed by atoms with Crippen LogP contribution in [-0.4, -0.2) is 29.1 Å². The third-order valence-electron chi connectivity index (χ3n) is 19.6. The second kappa shape index (κ2) is 22.6. The summed E-state index contributed by atoms with van der Waals surface area (Å²) in [6, 6.07) is 117. The summed E-state index contributed by atoms with van der Waals surface area (Å²) in [5.41, 5.74) is 17.5. The van der Waals surface area contributed by atoms with Crippen molar-refractivity contribution in [1.82, 2.24) is 29.1 Å². The molecule has 21 rings (SSSR count). The van der Waals surface area contributed by atoms with E-state index in [0.29, 0.717) is 0 Å². The van der Waals surface area contributed by atoms with Gasteiger partial charge in [0.15, 0.2) is 11.6 Å². The van der Waals surface area contributed by atoms with Gasteiger partial charge in [0, 0.05) is 75.3 Å². The summed E-state index contributed by atoms with van der Waals surface area (Å²) < 4.78 is 9.35. The molecule has 0 aliphatic rings. The van der Waals surface area contributed by atoms with Crippen molar-refractivity contribution in [3.8, 4) is 67.8 Å². The molecule has 0 aliphatic heterocycles. The maximum Gasteiger partial charge on any atom is 0.160 e. The third kappa shape index (κ3) is 9.14. The van der Waals surface area contributed by atoms with Gasteiger partial charge in [-0.15, -0.1) is 22.7 Å². The van der Waals surface area contributed by atoms with Crippen LogP contribution in [0.4, 0.5) is 0 Å². The first-order chi connectivity index (χ1) is 48.6. The van der Waals surface area contributed by atoms with Crippen molar-refractivity contribution < 1.29 is 0 Å². The molecule has 6 heterocycles. The van der Waals surface area contributed by atoms with Gasteiger partial charge < -0.3 is 9.13 Å². The number of hydrogen-bond donors (Lipinski definition) is 0. The van der Waals surface area contributed by atoms with Crippen LogP contribution in [0.15, 0.2) is 328 Å². The van der Waals surface area contributed by atoms with Crippen molar-refractivity contribution in [2.24, 2.45) is 0 Å². The first-order valence-corrected chi connectivity index (χ1v) is 34.7. The van der Waals surface area contributed by atoms with E-state index in [1.54, 1.807) is 22.7 Å². The first-order valence-electron chi connectivity index (χ1n) is 33.1. The van der Waals surface area contributed by atoms with Gasteiger partial charge >= 0.3 is 0 Å². The number of nitrogens with zero attached hydrogens (tertiary/aromatic N) is 6. The van der Waals surface area contributed by atoms with Crippen molar-refractivity contribution in [2.75, 3.05) is 0 Å². The van der Waals surface area contributed by atoms with Gasteiger partial charge in [0.2, 0.25) is 0 Å². The molecule has 8 heteroatoms. The second-order valence-electron chi connectivity index (χ2n) is 25.2. The molecule has 0 aliphatic carbocycles. The molecule has 0 unspecified atom stereocenters. The van der Waals surface area contributed by atoms with E-state index < -0.39 is 0 Å². The number of rotatable bonds is 7. The van der Waals surface area contributed by atoms with Crippen molar-refractivity contribution >= 4 is 150 Å². The highest BCUT2D eigenvalue weighted by Crippen LogP contribution is 2.44. The van der Waals surface area contributed by atoms with E-state index in [0.717, 1.165) is 82.5 Å². The highest BCUT2D eigenvalue weighted by molar-refractivity contribution is 7.26. The summed E-state index contributed by atoms with van der Waals surface area (Å²) in [7, 11) is 0. The van der Waals surface area contributed by atoms with Crippen LogP contribution in [0.25, 0.3) is 195 Å². The number of aromatic nitrogens is 6. The number of para-hydroxylation sites is 4. The van der Waals surface area contributed by atoms with Gasteiger partial charge in [-0.25, -0.2) is 19.9 Å². The summed E-state index contributed by atoms with van der Waals surface area (Å²) in [6.07, 6.45) is 0. The van der Waals surface area contributed by atoms with Crippen LogP contribution >= 0.6 is 22.7 Å². The normalized spacial score (nSPS) is 11.9. The van der Waals surface area contributed by atoms with E-state index in [1.807, 2.05) is 0 Å². The minimum atomic E-state index is 0.727. The quantitative estimate of drug-likeness (QED) is 0.149. The summed E-state index contributed by atoms with van der Waals surface area (Å²) >= 11 is 3.53. The van der Waals surface area contributed by atoms with Gasteiger partial charge in [-0.2, -0.15) is 0 Å². The molecule has 0 saturated carbocycles. The van der Waals surface area contributed by atoms with Crippen LogP contribution in [0.2, 0.25) is 0 Å². The minimum Gasteiger partial charge on any atom is -0.309 e. The fourth-order valence-electron chi connectivity index (χ4n) is 14.9. The molecule has 0 fully saturated rings. The standard InChI is InChI=1S/C48H29N3S.C42H25N3S/c1-2-10-37-31(9-1)19-22-35-29-34(25-28-38(35)37)30-17-20-32(21-18-30)45-47-46(41-13-5-8-16-44(41)52-47)50-48(49-45)33-23-26-36(27-24-33)51-42-14-6-3-11-39(42)40-12-4-7-15-43(40)51;1-2-10-31-26(9-1)17-18-28-25-29(21-24-32(28)31)39-41-40(35-13-5-8-16-38(35)46-41)44-42(43-39)27-19-22-30(23-20-27)45-36-14-6-3-11-33(36)34-12-4-7-15-37(34)45/h1-29H;1-25H. The summed E-state index contributed by atoms with van der Waals surface area (Å²) in [6.45, 7) is 0. The van der Waals surface area contributed by atoms with Crippen LogP contribution in [0.1, 0.15) is 0 Å². The predicted molar refractivity (Wildman–Crippen MR) is 416 cm³/mol. The molecule has 98 heavy (non-hydrogen) atoms. The Balaban J connectivity index is 0.000000134. The monoisotopic (exact) mass is 1280 g/mol. The maximum absolute atomic E-state index is 5.29. The van der Waals surface area contributed by atoms with E-state index in [1.165, 1.54) is 113 Å². The van der Waals surface area contributed by atoms with E-state index in [9.17, 15) is 0 Å². The largest absolute Gasteiger partial charge is 0.309 e. The second-order valence-corrected chi connectivity index (χ2v) is 27.3. The molecule has 0 spiro atoms. The van der Waals surface area contributed by atoms with Gasteiger partial charge in [0.05, 0.1) is 53.9 Å². The maximum atomic E-state index is 5.29. The van der Waals surface area contributed by atoms with Crippen LogP contribution < -0.4 is 0 Å². The molecule has 6 aromatic heterocycles. The lowest BCUT2D eigenvalue weighted by atomic mass is 9.97. The molecule has 0 radical (unpaired) electrons. The van der Waals surface area contributed by atoms with Crippen LogP contribution in [0, 0.1) is 0 Å². The predicted octanol–water partition coefficient (Wildman–Crippen LogP) is 24.8. The molecule has 6 nitrogen and oxygen atoms in total. The Kier molecular flexibility index (Phi) is 12.9. The van der Waals surface area contributed by atoms with E-state index in [-0.39, 0.29) is 0 Å². The van der Waals surface area contributed by atoms with Crippen molar-refractivity contribution in [3.63, 3.8) is 0 Å². The summed E-state index contributed by atoms with van der Waals surface area (Å²) in [5, 5.41) is 17.4. The number of thiophene rings is 2. The van der Waals surface area contributed by atoms with Crippen LogP contribution in [0.3, 0.4) is 0 Å². The zero-order valence-electron chi connectivity index (χ0n) is 52.7. The topological polar surface area (TPSA) is 61.4 Å². The fourth-order valence-corrected chi connectivity index (χ4v) is 17.2. The van der Waals surface area contributed by atoms with Gasteiger partial charge in [-0.1, -0.05) is 231 Å². The fraction of sp³-hybridized carbons (Fsp3) is 0. The lowest BCUT2D eigenvalue weighted by molar-refractivity contribution is 1.17. The molecule has 0 N–H and O–H groups in total. The van der Waals surface area contributed by atoms with Crippen LogP contribution in [-0.2, 0) is 0 Å². The first kappa shape index (κ1) is 55.9. The molecule has 0 atom stereocenters. The van der Waals surface area contributed by atoms with Crippen molar-refractivity contribution in [2.45, 2.75) is 0 Å². The Morgan fingerprint density at radius 3 is 0.980 bits per heavy atom. The highest BCUT2D eigenvalue weighted by atomic mass is 32.1. The van der Waals surface area contributed by atoms with Crippen LogP contribution in [0.5, 0.6) is 0 Å². The Bertz CT molecular complexity index is 6690. The molecule has 456 valence electrons. The van der Waals surface area contributed by atoms with Gasteiger partial charge in [-0.3, -0.25) is 0 Å². The highest BCUT2D eigenvalue weighted by Gasteiger charge is 2.21. The van der Waals surface area contributed by atoms with E-state index in [4.69, 9.17) is 19.9 Å². The molecule has 21 aromatic rings. The number of hydrogen-bond acceptors (Lipinski definition) is 6. The number of benzene rings is 15. The van der Waals surface area contributed by atoms with Gasteiger partial charge in [0.25, 0.3) is 0 Å². The van der Waals surface area contributed by atoms with E-state index in [2.05, 4.69) is 337 Å². The zero-order valence-corrected chi connectivity index (χ0v) is 54.3. The van der Waals surface area contributed by atoms with Crippen molar-refractivity contribution in [1.29, 1.82) is 0 Å². The average molecular weight is 1280 g/mol. The number of fused-ring (bicyclic) bond motifs is 18. The SMILES string of the molecule is c1ccc2c(c1)ccc1cc(-c3ccc(-c4nc(-c5ccc(-n6c7ccccc7c7ccccc76)cc5)nc5c4sc4ccccc45)cc3)ccc12.c1ccc2c(c1)ccc1cc(-c3nc(-c4ccc(-n5c6ccccc6c6ccccc65)cc4)nc4c3sc3ccccc34)ccc12. The lowest BCUT2D eigenvalue weighted by Gasteiger charge is -2.11. The molecule has 15 aromatic carbocycles. The molecule has 0 bridgehead atoms. The Morgan fingerprint density at radius 2 is 0.531 bits per heavy atom. The van der Waals surface area contributed by atoms with E-state index >= 15 is 0 Å². The third-order valence-corrected chi connectivity index (χ3v) is 22.0. The molecular formula is C90H54N6S2. The molecule has 0 saturated heterocycles. The van der Waals surface area contributed by atoms with Gasteiger partial charge in [-0.05, 0) is 151 Å². The molecule has 0 amide bonds. The Hall–Kier alpha value is -12.5. The van der Waals surface area contributed by atoms with Crippen molar-refractivity contribution in [3.05, 3.63) is 328 Å². The Labute approximate surface area is 570 Å². The Morgan fingerprint density at radius 1 is 0.214 bits per heavy atom. The summed E-state index contributed by atoms with van der Waals surface area (Å²) in [4.78, 5) is 21.0.